The molecule has 1 heterocycles. The molecule has 0 fully saturated rings. The van der Waals surface area contributed by atoms with Crippen LogP contribution in [0.5, 0.6) is 5.75 Å². The molecule has 31 heavy (non-hydrogen) atoms. The zero-order valence-electron chi connectivity index (χ0n) is 18.5. The van der Waals surface area contributed by atoms with Crippen LogP contribution in [-0.4, -0.2) is 23.1 Å². The molecule has 3 aromatic rings. The number of benzene rings is 2. The Labute approximate surface area is 183 Å². The molecule has 0 spiro atoms. The Hall–Kier alpha value is -3.54. The van der Waals surface area contributed by atoms with Crippen molar-refractivity contribution in [3.63, 3.8) is 0 Å². The van der Waals surface area contributed by atoms with Gasteiger partial charge in [-0.1, -0.05) is 32.0 Å². The highest BCUT2D eigenvalue weighted by molar-refractivity contribution is 6.00. The van der Waals surface area contributed by atoms with E-state index >= 15 is 0 Å². The number of hydrogen-bond donors (Lipinski definition) is 2. The maximum absolute atomic E-state index is 12.5. The van der Waals surface area contributed by atoms with Crippen molar-refractivity contribution < 1.29 is 14.3 Å². The van der Waals surface area contributed by atoms with Gasteiger partial charge in [0.25, 0.3) is 11.8 Å². The Kier molecular flexibility index (Phi) is 7.13. The molecular weight excluding hydrogens is 390 g/mol. The smallest absolute Gasteiger partial charge is 0.270 e. The summed E-state index contributed by atoms with van der Waals surface area (Å²) in [6.07, 6.45) is 1.69. The van der Waals surface area contributed by atoms with Gasteiger partial charge in [-0.15, -0.1) is 0 Å². The number of ether oxygens (including phenoxy) is 1. The molecular formula is C25H29N3O3. The summed E-state index contributed by atoms with van der Waals surface area (Å²) in [5.41, 5.74) is 8.37. The number of aromatic nitrogens is 1. The van der Waals surface area contributed by atoms with Crippen molar-refractivity contribution in [1.82, 2.24) is 4.68 Å². The molecule has 0 saturated carbocycles. The summed E-state index contributed by atoms with van der Waals surface area (Å²) in [7, 11) is 0. The van der Waals surface area contributed by atoms with Crippen molar-refractivity contribution >= 4 is 17.5 Å². The molecule has 1 aromatic heterocycles. The number of nitrogens with one attached hydrogen (secondary N) is 2. The highest BCUT2D eigenvalue weighted by atomic mass is 16.5. The molecule has 2 aromatic carbocycles. The molecule has 3 rings (SSSR count). The van der Waals surface area contributed by atoms with Crippen molar-refractivity contribution in [2.45, 2.75) is 40.5 Å². The number of aryl methyl sites for hydroxylation is 4. The molecule has 0 aliphatic heterocycles. The Balaban J connectivity index is 1.58. The minimum Gasteiger partial charge on any atom is -0.484 e. The number of amides is 2. The second kappa shape index (κ2) is 9.98. The largest absolute Gasteiger partial charge is 0.484 e. The monoisotopic (exact) mass is 419 g/mol. The maximum atomic E-state index is 12.5. The van der Waals surface area contributed by atoms with Crippen LogP contribution in [0.25, 0.3) is 0 Å². The highest BCUT2D eigenvalue weighted by Gasteiger charge is 2.12. The quantitative estimate of drug-likeness (QED) is 0.559. The standard InChI is InChI=1S/C25H29N3O3/c1-5-19-8-7-9-20(6-2)24(19)26-23(29)16-31-22-14-12-21(13-15-22)25(30)27-28-17(3)10-11-18(28)4/h7-15H,5-6,16H2,1-4H3,(H,26,29)(H,27,30). The fourth-order valence-electron chi connectivity index (χ4n) is 3.44. The number of carbonyl (C=O) groups is 2. The van der Waals surface area contributed by atoms with E-state index in [9.17, 15) is 9.59 Å². The minimum atomic E-state index is -0.213. The van der Waals surface area contributed by atoms with Gasteiger partial charge in [-0.05, 0) is 74.2 Å². The van der Waals surface area contributed by atoms with Gasteiger partial charge in [0.15, 0.2) is 6.61 Å². The van der Waals surface area contributed by atoms with Crippen molar-refractivity contribution in [2.75, 3.05) is 17.3 Å². The first-order chi connectivity index (χ1) is 14.9. The van der Waals surface area contributed by atoms with Gasteiger partial charge in [-0.3, -0.25) is 19.7 Å². The molecule has 2 N–H and O–H groups in total. The fraction of sp³-hybridized carbons (Fsp3) is 0.280. The molecule has 162 valence electrons. The van der Waals surface area contributed by atoms with Crippen molar-refractivity contribution in [3.8, 4) is 5.75 Å². The summed E-state index contributed by atoms with van der Waals surface area (Å²) in [4.78, 5) is 24.9. The van der Waals surface area contributed by atoms with E-state index in [-0.39, 0.29) is 18.4 Å². The van der Waals surface area contributed by atoms with E-state index in [1.807, 2.05) is 44.2 Å². The first-order valence-corrected chi connectivity index (χ1v) is 10.5. The van der Waals surface area contributed by atoms with Crippen LogP contribution in [0.2, 0.25) is 0 Å². The summed E-state index contributed by atoms with van der Waals surface area (Å²) >= 11 is 0. The van der Waals surface area contributed by atoms with E-state index in [1.165, 1.54) is 0 Å². The first kappa shape index (κ1) is 22.2. The first-order valence-electron chi connectivity index (χ1n) is 10.5. The lowest BCUT2D eigenvalue weighted by Gasteiger charge is -2.15. The normalized spacial score (nSPS) is 10.6. The summed E-state index contributed by atoms with van der Waals surface area (Å²) in [5.74, 6) is 0.102. The number of para-hydroxylation sites is 1. The van der Waals surface area contributed by atoms with Crippen LogP contribution in [0.1, 0.15) is 46.7 Å². The van der Waals surface area contributed by atoms with Crippen LogP contribution in [0, 0.1) is 13.8 Å². The molecule has 0 bridgehead atoms. The van der Waals surface area contributed by atoms with E-state index in [0.717, 1.165) is 41.0 Å². The number of hydrogen-bond acceptors (Lipinski definition) is 3. The van der Waals surface area contributed by atoms with Gasteiger partial charge in [-0.2, -0.15) is 0 Å². The third-order valence-corrected chi connectivity index (χ3v) is 5.23. The lowest BCUT2D eigenvalue weighted by Crippen LogP contribution is -2.24. The van der Waals surface area contributed by atoms with Gasteiger partial charge in [0.05, 0.1) is 0 Å². The van der Waals surface area contributed by atoms with Crippen LogP contribution in [0.3, 0.4) is 0 Å². The van der Waals surface area contributed by atoms with E-state index in [2.05, 4.69) is 24.6 Å². The average Bonchev–Trinajstić information content (AvgIpc) is 3.10. The van der Waals surface area contributed by atoms with Gasteiger partial charge in [-0.25, -0.2) is 0 Å². The molecule has 2 amide bonds. The van der Waals surface area contributed by atoms with Gasteiger partial charge in [0.2, 0.25) is 0 Å². The van der Waals surface area contributed by atoms with Crippen LogP contribution in [0.15, 0.2) is 54.6 Å². The Morgan fingerprint density at radius 2 is 1.45 bits per heavy atom. The third-order valence-electron chi connectivity index (χ3n) is 5.23. The number of carbonyl (C=O) groups excluding carboxylic acids is 2. The zero-order valence-corrected chi connectivity index (χ0v) is 18.5. The second-order valence-corrected chi connectivity index (χ2v) is 7.41. The van der Waals surface area contributed by atoms with Gasteiger partial charge in [0.1, 0.15) is 5.75 Å². The summed E-state index contributed by atoms with van der Waals surface area (Å²) in [6.45, 7) is 7.89. The van der Waals surface area contributed by atoms with E-state index < -0.39 is 0 Å². The number of rotatable bonds is 8. The van der Waals surface area contributed by atoms with Crippen LogP contribution in [0.4, 0.5) is 5.69 Å². The summed E-state index contributed by atoms with van der Waals surface area (Å²) in [6, 6.07) is 16.7. The lowest BCUT2D eigenvalue weighted by molar-refractivity contribution is -0.118. The van der Waals surface area contributed by atoms with E-state index in [1.54, 1.807) is 28.9 Å². The number of nitrogens with zero attached hydrogens (tertiary/aromatic N) is 1. The van der Waals surface area contributed by atoms with Crippen LogP contribution < -0.4 is 15.5 Å². The maximum Gasteiger partial charge on any atom is 0.270 e. The SMILES string of the molecule is CCc1cccc(CC)c1NC(=O)COc1ccc(C(=O)Nn2c(C)ccc2C)cc1. The molecule has 0 saturated heterocycles. The third kappa shape index (κ3) is 5.34. The average molecular weight is 420 g/mol. The molecule has 0 radical (unpaired) electrons. The predicted octanol–water partition coefficient (Wildman–Crippen LogP) is 4.63. The van der Waals surface area contributed by atoms with Crippen molar-refractivity contribution in [3.05, 3.63) is 82.7 Å². The zero-order chi connectivity index (χ0) is 22.4. The molecule has 0 atom stereocenters. The van der Waals surface area contributed by atoms with Crippen LogP contribution in [-0.2, 0) is 17.6 Å². The van der Waals surface area contributed by atoms with Crippen molar-refractivity contribution in [1.29, 1.82) is 0 Å². The summed E-state index contributed by atoms with van der Waals surface area (Å²) < 4.78 is 7.36. The van der Waals surface area contributed by atoms with E-state index in [4.69, 9.17) is 4.74 Å². The Morgan fingerprint density at radius 3 is 2.00 bits per heavy atom. The van der Waals surface area contributed by atoms with Crippen LogP contribution >= 0.6 is 0 Å². The molecule has 0 unspecified atom stereocenters. The molecule has 6 nitrogen and oxygen atoms in total. The van der Waals surface area contributed by atoms with Gasteiger partial charge < -0.3 is 10.1 Å². The highest BCUT2D eigenvalue weighted by Crippen LogP contribution is 2.22. The molecule has 0 aliphatic rings. The fourth-order valence-corrected chi connectivity index (χ4v) is 3.44. The summed E-state index contributed by atoms with van der Waals surface area (Å²) in [5, 5.41) is 2.99. The van der Waals surface area contributed by atoms with Crippen molar-refractivity contribution in [2.24, 2.45) is 0 Å². The second-order valence-electron chi connectivity index (χ2n) is 7.41. The minimum absolute atomic E-state index is 0.103. The topological polar surface area (TPSA) is 72.4 Å². The molecule has 0 aliphatic carbocycles. The Morgan fingerprint density at radius 1 is 0.871 bits per heavy atom. The lowest BCUT2D eigenvalue weighted by atomic mass is 10.0. The Bertz CT molecular complexity index is 1030. The van der Waals surface area contributed by atoms with Gasteiger partial charge in [0, 0.05) is 22.6 Å². The number of anilines is 1. The molecule has 6 heteroatoms. The van der Waals surface area contributed by atoms with E-state index in [0.29, 0.717) is 11.3 Å². The predicted molar refractivity (Wildman–Crippen MR) is 123 cm³/mol. The van der Waals surface area contributed by atoms with Gasteiger partial charge >= 0.3 is 0 Å².